The van der Waals surface area contributed by atoms with Crippen molar-refractivity contribution in [3.63, 3.8) is 0 Å². The standard InChI is InChI=1S/C20H24N2/c1-13-7-8-14(2)17(11-13)12-16-5-4-6-19-20(16)18(9-10-21)15(3)22-19/h4-8,11,22H,9-10,12,21H2,1-3H3. The normalized spacial score (nSPS) is 11.3. The highest BCUT2D eigenvalue weighted by atomic mass is 14.7. The van der Waals surface area contributed by atoms with Crippen molar-refractivity contribution < 1.29 is 0 Å². The predicted molar refractivity (Wildman–Crippen MR) is 94.5 cm³/mol. The van der Waals surface area contributed by atoms with Gasteiger partial charge >= 0.3 is 0 Å². The minimum absolute atomic E-state index is 0.686. The van der Waals surface area contributed by atoms with E-state index in [0.29, 0.717) is 6.54 Å². The number of fused-ring (bicyclic) bond motifs is 1. The molecule has 0 aliphatic carbocycles. The molecule has 2 nitrogen and oxygen atoms in total. The van der Waals surface area contributed by atoms with Gasteiger partial charge in [-0.25, -0.2) is 0 Å². The molecule has 0 saturated carbocycles. The number of aromatic nitrogens is 1. The Kier molecular flexibility index (Phi) is 4.04. The number of nitrogens with two attached hydrogens (primary N) is 1. The minimum atomic E-state index is 0.686. The van der Waals surface area contributed by atoms with Crippen LogP contribution in [0.5, 0.6) is 0 Å². The molecule has 0 unspecified atom stereocenters. The molecule has 1 heterocycles. The molecule has 114 valence electrons. The number of aromatic amines is 1. The van der Waals surface area contributed by atoms with Crippen LogP contribution in [-0.4, -0.2) is 11.5 Å². The molecule has 2 aromatic carbocycles. The lowest BCUT2D eigenvalue weighted by Gasteiger charge is -2.10. The highest BCUT2D eigenvalue weighted by molar-refractivity contribution is 5.88. The van der Waals surface area contributed by atoms with Crippen LogP contribution in [-0.2, 0) is 12.8 Å². The molecule has 0 spiro atoms. The van der Waals surface area contributed by atoms with E-state index in [0.717, 1.165) is 12.8 Å². The molecule has 3 N–H and O–H groups in total. The summed E-state index contributed by atoms with van der Waals surface area (Å²) in [5, 5.41) is 1.37. The summed E-state index contributed by atoms with van der Waals surface area (Å²) in [5.41, 5.74) is 15.1. The lowest BCUT2D eigenvalue weighted by Crippen LogP contribution is -2.04. The van der Waals surface area contributed by atoms with E-state index in [1.807, 2.05) is 0 Å². The van der Waals surface area contributed by atoms with Gasteiger partial charge in [0.05, 0.1) is 0 Å². The molecule has 1 aromatic heterocycles. The van der Waals surface area contributed by atoms with Crippen LogP contribution in [0.25, 0.3) is 10.9 Å². The van der Waals surface area contributed by atoms with E-state index in [-0.39, 0.29) is 0 Å². The molecule has 0 atom stereocenters. The average molecular weight is 292 g/mol. The van der Waals surface area contributed by atoms with Gasteiger partial charge in [-0.15, -0.1) is 0 Å². The minimum Gasteiger partial charge on any atom is -0.358 e. The second kappa shape index (κ2) is 5.98. The molecular weight excluding hydrogens is 268 g/mol. The summed E-state index contributed by atoms with van der Waals surface area (Å²) in [4.78, 5) is 3.51. The fourth-order valence-electron chi connectivity index (χ4n) is 3.33. The molecule has 2 heteroatoms. The second-order valence-electron chi connectivity index (χ2n) is 6.21. The molecule has 0 amide bonds. The third-order valence-electron chi connectivity index (χ3n) is 4.51. The largest absolute Gasteiger partial charge is 0.358 e. The fourth-order valence-corrected chi connectivity index (χ4v) is 3.33. The first-order valence-corrected chi connectivity index (χ1v) is 7.95. The van der Waals surface area contributed by atoms with Crippen molar-refractivity contribution in [3.05, 3.63) is 69.9 Å². The van der Waals surface area contributed by atoms with Crippen LogP contribution in [0.4, 0.5) is 0 Å². The van der Waals surface area contributed by atoms with Crippen LogP contribution < -0.4 is 5.73 Å². The molecule has 0 bridgehead atoms. The van der Waals surface area contributed by atoms with Gasteiger partial charge in [0.25, 0.3) is 0 Å². The molecular formula is C20H24N2. The van der Waals surface area contributed by atoms with Gasteiger partial charge in [0.2, 0.25) is 0 Å². The zero-order valence-electron chi connectivity index (χ0n) is 13.7. The van der Waals surface area contributed by atoms with Crippen LogP contribution in [0.15, 0.2) is 36.4 Å². The molecule has 0 radical (unpaired) electrons. The van der Waals surface area contributed by atoms with Crippen molar-refractivity contribution in [2.45, 2.75) is 33.6 Å². The average Bonchev–Trinajstić information content (AvgIpc) is 2.80. The van der Waals surface area contributed by atoms with E-state index < -0.39 is 0 Å². The number of rotatable bonds is 4. The molecule has 3 rings (SSSR count). The van der Waals surface area contributed by atoms with Crippen LogP contribution in [0.2, 0.25) is 0 Å². The zero-order valence-corrected chi connectivity index (χ0v) is 13.7. The Balaban J connectivity index is 2.12. The fraction of sp³-hybridized carbons (Fsp3) is 0.300. The van der Waals surface area contributed by atoms with Gasteiger partial charge in [0, 0.05) is 16.6 Å². The monoisotopic (exact) mass is 292 g/mol. The van der Waals surface area contributed by atoms with Gasteiger partial charge in [-0.1, -0.05) is 35.9 Å². The van der Waals surface area contributed by atoms with Crippen molar-refractivity contribution in [3.8, 4) is 0 Å². The van der Waals surface area contributed by atoms with E-state index in [1.165, 1.54) is 44.4 Å². The number of hydrogen-bond donors (Lipinski definition) is 2. The number of nitrogens with one attached hydrogen (secondary N) is 1. The summed E-state index contributed by atoms with van der Waals surface area (Å²) < 4.78 is 0. The first-order chi connectivity index (χ1) is 10.6. The summed E-state index contributed by atoms with van der Waals surface area (Å²) in [6.45, 7) is 7.18. The summed E-state index contributed by atoms with van der Waals surface area (Å²) in [5.74, 6) is 0. The number of aryl methyl sites for hydroxylation is 3. The van der Waals surface area contributed by atoms with E-state index in [1.54, 1.807) is 0 Å². The smallest absolute Gasteiger partial charge is 0.0461 e. The molecule has 0 saturated heterocycles. The molecule has 22 heavy (non-hydrogen) atoms. The van der Waals surface area contributed by atoms with E-state index in [9.17, 15) is 0 Å². The third-order valence-corrected chi connectivity index (χ3v) is 4.51. The molecule has 0 aliphatic rings. The van der Waals surface area contributed by atoms with Crippen LogP contribution in [0.3, 0.4) is 0 Å². The van der Waals surface area contributed by atoms with Crippen molar-refractivity contribution in [1.29, 1.82) is 0 Å². The van der Waals surface area contributed by atoms with Gasteiger partial charge in [-0.2, -0.15) is 0 Å². The van der Waals surface area contributed by atoms with Gasteiger partial charge in [0.1, 0.15) is 0 Å². The van der Waals surface area contributed by atoms with E-state index >= 15 is 0 Å². The Morgan fingerprint density at radius 3 is 2.59 bits per heavy atom. The zero-order chi connectivity index (χ0) is 15.7. The van der Waals surface area contributed by atoms with Crippen molar-refractivity contribution >= 4 is 10.9 Å². The first-order valence-electron chi connectivity index (χ1n) is 7.95. The van der Waals surface area contributed by atoms with Gasteiger partial charge < -0.3 is 10.7 Å². The number of benzene rings is 2. The van der Waals surface area contributed by atoms with Crippen LogP contribution >= 0.6 is 0 Å². The molecule has 3 aromatic rings. The first kappa shape index (κ1) is 14.9. The highest BCUT2D eigenvalue weighted by Gasteiger charge is 2.12. The summed E-state index contributed by atoms with van der Waals surface area (Å²) in [6.07, 6.45) is 1.90. The lowest BCUT2D eigenvalue weighted by atomic mass is 9.94. The van der Waals surface area contributed by atoms with E-state index in [4.69, 9.17) is 5.73 Å². The quantitative estimate of drug-likeness (QED) is 0.744. The Hall–Kier alpha value is -2.06. The number of H-pyrrole nitrogens is 1. The van der Waals surface area contributed by atoms with Gasteiger partial charge in [-0.05, 0) is 68.5 Å². The van der Waals surface area contributed by atoms with Crippen LogP contribution in [0, 0.1) is 20.8 Å². The maximum Gasteiger partial charge on any atom is 0.0461 e. The Bertz CT molecular complexity index is 812. The summed E-state index contributed by atoms with van der Waals surface area (Å²) >= 11 is 0. The SMILES string of the molecule is Cc1ccc(C)c(Cc2cccc3[nH]c(C)c(CCN)c23)c1. The topological polar surface area (TPSA) is 41.8 Å². The molecule has 0 fully saturated rings. The summed E-state index contributed by atoms with van der Waals surface area (Å²) in [7, 11) is 0. The summed E-state index contributed by atoms with van der Waals surface area (Å²) in [6, 6.07) is 13.3. The molecule has 0 aliphatic heterocycles. The number of hydrogen-bond acceptors (Lipinski definition) is 1. The Morgan fingerprint density at radius 1 is 1.00 bits per heavy atom. The van der Waals surface area contributed by atoms with Crippen molar-refractivity contribution in [1.82, 2.24) is 4.98 Å². The Labute approximate surface area is 132 Å². The van der Waals surface area contributed by atoms with Crippen molar-refractivity contribution in [2.24, 2.45) is 5.73 Å². The van der Waals surface area contributed by atoms with Crippen LogP contribution in [0.1, 0.15) is 33.5 Å². The third kappa shape index (κ3) is 2.67. The maximum absolute atomic E-state index is 5.81. The van der Waals surface area contributed by atoms with Gasteiger partial charge in [0.15, 0.2) is 0 Å². The maximum atomic E-state index is 5.81. The predicted octanol–water partition coefficient (Wildman–Crippen LogP) is 4.19. The second-order valence-corrected chi connectivity index (χ2v) is 6.21. The van der Waals surface area contributed by atoms with E-state index in [2.05, 4.69) is 62.2 Å². The van der Waals surface area contributed by atoms with Crippen molar-refractivity contribution in [2.75, 3.05) is 6.54 Å². The highest BCUT2D eigenvalue weighted by Crippen LogP contribution is 2.28. The Morgan fingerprint density at radius 2 is 1.82 bits per heavy atom. The van der Waals surface area contributed by atoms with Gasteiger partial charge in [-0.3, -0.25) is 0 Å². The lowest BCUT2D eigenvalue weighted by molar-refractivity contribution is 0.961.